The Morgan fingerprint density at radius 1 is 1.07 bits per heavy atom. The van der Waals surface area contributed by atoms with Crippen molar-refractivity contribution in [3.8, 4) is 17.2 Å². The van der Waals surface area contributed by atoms with Crippen LogP contribution in [0.3, 0.4) is 0 Å². The van der Waals surface area contributed by atoms with Gasteiger partial charge in [-0.2, -0.15) is 0 Å². The van der Waals surface area contributed by atoms with Crippen molar-refractivity contribution in [3.63, 3.8) is 0 Å². The second-order valence-corrected chi connectivity index (χ2v) is 8.33. The highest BCUT2D eigenvalue weighted by atomic mass is 32.2. The molecule has 0 bridgehead atoms. The Morgan fingerprint density at radius 2 is 1.79 bits per heavy atom. The van der Waals surface area contributed by atoms with Gasteiger partial charge in [-0.05, 0) is 30.0 Å². The summed E-state index contributed by atoms with van der Waals surface area (Å²) >= 11 is 1.69. The molecule has 0 radical (unpaired) electrons. The minimum atomic E-state index is -0.0209. The van der Waals surface area contributed by atoms with Crippen molar-refractivity contribution < 1.29 is 19.0 Å². The van der Waals surface area contributed by atoms with E-state index in [1.54, 1.807) is 33.1 Å². The number of fused-ring (bicyclic) bond motifs is 1. The second kappa shape index (κ2) is 8.41. The van der Waals surface area contributed by atoms with E-state index in [0.29, 0.717) is 30.3 Å². The Hall–Kier alpha value is -2.60. The molecule has 4 rings (SSSR count). The van der Waals surface area contributed by atoms with Crippen LogP contribution in [0.15, 0.2) is 47.4 Å². The van der Waals surface area contributed by atoms with Crippen molar-refractivity contribution in [1.29, 1.82) is 0 Å². The molecule has 2 heterocycles. The summed E-state index contributed by atoms with van der Waals surface area (Å²) in [5.41, 5.74) is 3.34. The summed E-state index contributed by atoms with van der Waals surface area (Å²) in [5, 5.41) is -0.0209. The number of hydrogen-bond donors (Lipinski definition) is 0. The van der Waals surface area contributed by atoms with Gasteiger partial charge in [0.25, 0.3) is 0 Å². The highest BCUT2D eigenvalue weighted by molar-refractivity contribution is 8.01. The summed E-state index contributed by atoms with van der Waals surface area (Å²) in [6.07, 6.45) is 3.68. The van der Waals surface area contributed by atoms with E-state index in [0.717, 1.165) is 24.0 Å². The number of benzene rings is 2. The Morgan fingerprint density at radius 3 is 2.38 bits per heavy atom. The molecule has 0 aliphatic carbocycles. The number of nitrogens with zero attached hydrogens (tertiary/aromatic N) is 1. The van der Waals surface area contributed by atoms with Crippen LogP contribution in [0.25, 0.3) is 5.57 Å². The van der Waals surface area contributed by atoms with E-state index in [1.807, 2.05) is 29.2 Å². The summed E-state index contributed by atoms with van der Waals surface area (Å²) in [6.45, 7) is 1.29. The molecule has 2 aliphatic heterocycles. The first-order valence-corrected chi connectivity index (χ1v) is 10.5. The number of carbonyl (C=O) groups excluding carboxylic acids is 1. The lowest BCUT2D eigenvalue weighted by atomic mass is 9.96. The highest BCUT2D eigenvalue weighted by Gasteiger charge is 2.32. The van der Waals surface area contributed by atoms with E-state index >= 15 is 0 Å². The number of ether oxygens (including phenoxy) is 3. The van der Waals surface area contributed by atoms with Gasteiger partial charge in [-0.3, -0.25) is 4.79 Å². The van der Waals surface area contributed by atoms with Gasteiger partial charge in [0.2, 0.25) is 5.91 Å². The largest absolute Gasteiger partial charge is 0.496 e. The van der Waals surface area contributed by atoms with Gasteiger partial charge < -0.3 is 19.1 Å². The number of rotatable bonds is 5. The normalized spacial score (nSPS) is 18.1. The minimum absolute atomic E-state index is 0.0209. The maximum absolute atomic E-state index is 13.1. The Balaban J connectivity index is 1.51. The molecule has 1 atom stereocenters. The van der Waals surface area contributed by atoms with Crippen LogP contribution in [-0.4, -0.2) is 50.5 Å². The van der Waals surface area contributed by atoms with E-state index in [2.05, 4.69) is 18.2 Å². The van der Waals surface area contributed by atoms with E-state index in [-0.39, 0.29) is 11.2 Å². The van der Waals surface area contributed by atoms with Gasteiger partial charge in [0, 0.05) is 30.1 Å². The maximum Gasteiger partial charge on any atom is 0.236 e. The molecule has 152 valence electrons. The zero-order valence-electron chi connectivity index (χ0n) is 16.9. The van der Waals surface area contributed by atoms with Gasteiger partial charge in [0.05, 0.1) is 32.1 Å². The van der Waals surface area contributed by atoms with Crippen LogP contribution in [0.5, 0.6) is 17.2 Å². The molecule has 6 heteroatoms. The van der Waals surface area contributed by atoms with E-state index < -0.39 is 0 Å². The first kappa shape index (κ1) is 19.7. The molecule has 0 saturated heterocycles. The molecule has 0 N–H and O–H groups in total. The van der Waals surface area contributed by atoms with Crippen molar-refractivity contribution in [1.82, 2.24) is 4.90 Å². The average molecular weight is 412 g/mol. The molecular weight excluding hydrogens is 386 g/mol. The van der Waals surface area contributed by atoms with Crippen LogP contribution < -0.4 is 14.2 Å². The van der Waals surface area contributed by atoms with Gasteiger partial charge in [-0.25, -0.2) is 0 Å². The van der Waals surface area contributed by atoms with Gasteiger partial charge in [-0.15, -0.1) is 11.8 Å². The summed E-state index contributed by atoms with van der Waals surface area (Å²) in [6, 6.07) is 12.0. The Labute approximate surface area is 175 Å². The average Bonchev–Trinajstić information content (AvgIpc) is 3.22. The maximum atomic E-state index is 13.1. The Kier molecular flexibility index (Phi) is 5.72. The van der Waals surface area contributed by atoms with Crippen molar-refractivity contribution in [2.75, 3.05) is 34.4 Å². The van der Waals surface area contributed by atoms with E-state index in [9.17, 15) is 4.79 Å². The van der Waals surface area contributed by atoms with Gasteiger partial charge in [0.15, 0.2) is 0 Å². The van der Waals surface area contributed by atoms with Crippen molar-refractivity contribution in [2.24, 2.45) is 0 Å². The Bertz CT molecular complexity index is 906. The molecule has 0 fully saturated rings. The standard InChI is InChI=1S/C23H25NO4S/c1-26-17-13-18(27-2)22(19(14-17)28-3)15-8-10-24(11-9-15)23(25)21-12-16-6-4-5-7-20(16)29-21/h4-8,13-14,21H,9-12H2,1-3H3/t21-/m1/s1. The van der Waals surface area contributed by atoms with Gasteiger partial charge >= 0.3 is 0 Å². The molecule has 5 nitrogen and oxygen atoms in total. The molecule has 0 unspecified atom stereocenters. The fraction of sp³-hybridized carbons (Fsp3) is 0.348. The van der Waals surface area contributed by atoms with Crippen LogP contribution in [0.2, 0.25) is 0 Å². The lowest BCUT2D eigenvalue weighted by Gasteiger charge is -2.29. The first-order valence-electron chi connectivity index (χ1n) is 9.67. The SMILES string of the molecule is COc1cc(OC)c(C2=CCN(C(=O)[C@H]3Cc4ccccc4S3)CC2)c(OC)c1. The minimum Gasteiger partial charge on any atom is -0.496 e. The topological polar surface area (TPSA) is 48.0 Å². The number of thioether (sulfide) groups is 1. The van der Waals surface area contributed by atoms with Crippen LogP contribution in [0, 0.1) is 0 Å². The molecule has 0 aromatic heterocycles. The quantitative estimate of drug-likeness (QED) is 0.743. The second-order valence-electron chi connectivity index (χ2n) is 7.09. The van der Waals surface area contributed by atoms with Gasteiger partial charge in [-0.1, -0.05) is 24.3 Å². The van der Waals surface area contributed by atoms with Crippen LogP contribution in [0.1, 0.15) is 17.5 Å². The third-order valence-electron chi connectivity index (χ3n) is 5.48. The van der Waals surface area contributed by atoms with Crippen molar-refractivity contribution >= 4 is 23.2 Å². The lowest BCUT2D eigenvalue weighted by Crippen LogP contribution is -2.40. The van der Waals surface area contributed by atoms with Crippen LogP contribution in [-0.2, 0) is 11.2 Å². The molecule has 0 spiro atoms. The summed E-state index contributed by atoms with van der Waals surface area (Å²) in [7, 11) is 4.91. The van der Waals surface area contributed by atoms with E-state index in [4.69, 9.17) is 14.2 Å². The number of methoxy groups -OCH3 is 3. The molecule has 2 aromatic rings. The van der Waals surface area contributed by atoms with Gasteiger partial charge in [0.1, 0.15) is 17.2 Å². The summed E-state index contributed by atoms with van der Waals surface area (Å²) in [4.78, 5) is 16.2. The summed E-state index contributed by atoms with van der Waals surface area (Å²) in [5.74, 6) is 2.34. The molecule has 2 aromatic carbocycles. The smallest absolute Gasteiger partial charge is 0.236 e. The number of amides is 1. The fourth-order valence-corrected chi connectivity index (χ4v) is 5.22. The number of hydrogen-bond acceptors (Lipinski definition) is 5. The van der Waals surface area contributed by atoms with Crippen LogP contribution in [0.4, 0.5) is 0 Å². The lowest BCUT2D eigenvalue weighted by molar-refractivity contribution is -0.130. The summed E-state index contributed by atoms with van der Waals surface area (Å²) < 4.78 is 16.5. The third kappa shape index (κ3) is 3.81. The van der Waals surface area contributed by atoms with E-state index in [1.165, 1.54) is 10.5 Å². The third-order valence-corrected chi connectivity index (χ3v) is 6.78. The zero-order valence-corrected chi connectivity index (χ0v) is 17.8. The first-order chi connectivity index (χ1) is 14.1. The predicted molar refractivity (Wildman–Crippen MR) is 115 cm³/mol. The number of carbonyl (C=O) groups is 1. The zero-order chi connectivity index (χ0) is 20.4. The monoisotopic (exact) mass is 411 g/mol. The van der Waals surface area contributed by atoms with Crippen molar-refractivity contribution in [3.05, 3.63) is 53.6 Å². The molecule has 29 heavy (non-hydrogen) atoms. The predicted octanol–water partition coefficient (Wildman–Crippen LogP) is 4.05. The fourth-order valence-electron chi connectivity index (χ4n) is 3.94. The van der Waals surface area contributed by atoms with Crippen LogP contribution >= 0.6 is 11.8 Å². The molecule has 2 aliphatic rings. The molecule has 0 saturated carbocycles. The van der Waals surface area contributed by atoms with Crippen molar-refractivity contribution in [2.45, 2.75) is 23.0 Å². The molecular formula is C23H25NO4S. The molecule has 1 amide bonds. The highest BCUT2D eigenvalue weighted by Crippen LogP contribution is 2.42.